The van der Waals surface area contributed by atoms with Crippen molar-refractivity contribution in [1.29, 1.82) is 0 Å². The van der Waals surface area contributed by atoms with Gasteiger partial charge in [-0.1, -0.05) is 12.1 Å². The van der Waals surface area contributed by atoms with Gasteiger partial charge in [0, 0.05) is 13.2 Å². The Kier molecular flexibility index (Phi) is 5.12. The Hall–Kier alpha value is -1.88. The number of esters is 1. The van der Waals surface area contributed by atoms with Gasteiger partial charge >= 0.3 is 5.97 Å². The summed E-state index contributed by atoms with van der Waals surface area (Å²) in [6.45, 7) is 1.21. The molecule has 0 bridgehead atoms. The van der Waals surface area contributed by atoms with Gasteiger partial charge in [0.2, 0.25) is 5.91 Å². The smallest absolute Gasteiger partial charge is 0.337 e. The lowest BCUT2D eigenvalue weighted by Gasteiger charge is -2.10. The zero-order valence-electron chi connectivity index (χ0n) is 11.6. The molecule has 1 heterocycles. The Balaban J connectivity index is 1.78. The number of benzene rings is 1. The first-order chi connectivity index (χ1) is 9.69. The van der Waals surface area contributed by atoms with Gasteiger partial charge in [-0.2, -0.15) is 0 Å². The van der Waals surface area contributed by atoms with Gasteiger partial charge in [0.05, 0.1) is 25.2 Å². The van der Waals surface area contributed by atoms with Crippen molar-refractivity contribution < 1.29 is 19.1 Å². The summed E-state index contributed by atoms with van der Waals surface area (Å²) in [4.78, 5) is 23.0. The molecule has 0 aromatic heterocycles. The number of carbonyl (C=O) groups is 2. The summed E-state index contributed by atoms with van der Waals surface area (Å²) in [6.07, 6.45) is 2.48. The highest BCUT2D eigenvalue weighted by molar-refractivity contribution is 5.89. The molecule has 0 aliphatic carbocycles. The molecule has 5 nitrogen and oxygen atoms in total. The van der Waals surface area contributed by atoms with Crippen molar-refractivity contribution in [2.75, 3.05) is 13.7 Å². The van der Waals surface area contributed by atoms with Crippen molar-refractivity contribution in [3.05, 3.63) is 35.4 Å². The van der Waals surface area contributed by atoms with Gasteiger partial charge in [-0.25, -0.2) is 4.79 Å². The average Bonchev–Trinajstić information content (AvgIpc) is 2.97. The molecule has 1 aliphatic rings. The Morgan fingerprint density at radius 2 is 2.10 bits per heavy atom. The molecule has 108 valence electrons. The average molecular weight is 277 g/mol. The van der Waals surface area contributed by atoms with Crippen LogP contribution >= 0.6 is 0 Å². The summed E-state index contributed by atoms with van der Waals surface area (Å²) in [5.74, 6) is -0.368. The van der Waals surface area contributed by atoms with Crippen LogP contribution in [-0.2, 0) is 20.8 Å². The first-order valence-electron chi connectivity index (χ1n) is 6.74. The summed E-state index contributed by atoms with van der Waals surface area (Å²) >= 11 is 0. The molecule has 0 saturated carbocycles. The summed E-state index contributed by atoms with van der Waals surface area (Å²) in [7, 11) is 1.35. The predicted molar refractivity (Wildman–Crippen MR) is 73.2 cm³/mol. The summed E-state index contributed by atoms with van der Waals surface area (Å²) < 4.78 is 10.0. The first kappa shape index (κ1) is 14.5. The van der Waals surface area contributed by atoms with Crippen molar-refractivity contribution in [2.45, 2.75) is 31.9 Å². The van der Waals surface area contributed by atoms with Crippen molar-refractivity contribution in [1.82, 2.24) is 5.32 Å². The molecule has 1 aromatic carbocycles. The number of hydrogen-bond donors (Lipinski definition) is 1. The third-order valence-electron chi connectivity index (χ3n) is 3.30. The highest BCUT2D eigenvalue weighted by Gasteiger charge is 2.18. The van der Waals surface area contributed by atoms with Crippen molar-refractivity contribution in [2.24, 2.45) is 0 Å². The van der Waals surface area contributed by atoms with E-state index >= 15 is 0 Å². The summed E-state index contributed by atoms with van der Waals surface area (Å²) in [5.41, 5.74) is 1.44. The number of rotatable bonds is 5. The zero-order valence-corrected chi connectivity index (χ0v) is 11.6. The Bertz CT molecular complexity index is 463. The number of carbonyl (C=O) groups excluding carboxylic acids is 2. The van der Waals surface area contributed by atoms with Gasteiger partial charge < -0.3 is 14.8 Å². The largest absolute Gasteiger partial charge is 0.465 e. The lowest BCUT2D eigenvalue weighted by Crippen LogP contribution is -2.26. The molecule has 1 aliphatic heterocycles. The minimum absolute atomic E-state index is 0.00561. The van der Waals surface area contributed by atoms with E-state index in [1.807, 2.05) is 0 Å². The number of ether oxygens (including phenoxy) is 2. The van der Waals surface area contributed by atoms with Gasteiger partial charge in [0.1, 0.15) is 0 Å². The summed E-state index contributed by atoms with van der Waals surface area (Å²) in [5, 5.41) is 2.85. The molecule has 5 heteroatoms. The molecule has 20 heavy (non-hydrogen) atoms. The molecule has 1 saturated heterocycles. The van der Waals surface area contributed by atoms with Crippen LogP contribution in [0.2, 0.25) is 0 Å². The van der Waals surface area contributed by atoms with Crippen LogP contribution in [-0.4, -0.2) is 31.7 Å². The molecule has 1 N–H and O–H groups in total. The van der Waals surface area contributed by atoms with Crippen molar-refractivity contribution in [3.8, 4) is 0 Å². The van der Waals surface area contributed by atoms with E-state index in [0.29, 0.717) is 18.5 Å². The van der Waals surface area contributed by atoms with Gasteiger partial charge in [-0.05, 0) is 30.5 Å². The molecule has 0 spiro atoms. The van der Waals surface area contributed by atoms with E-state index < -0.39 is 0 Å². The third-order valence-corrected chi connectivity index (χ3v) is 3.30. The maximum absolute atomic E-state index is 11.7. The van der Waals surface area contributed by atoms with E-state index in [1.54, 1.807) is 24.3 Å². The van der Waals surface area contributed by atoms with Crippen LogP contribution in [0.25, 0.3) is 0 Å². The monoisotopic (exact) mass is 277 g/mol. The molecule has 1 amide bonds. The minimum Gasteiger partial charge on any atom is -0.465 e. The Morgan fingerprint density at radius 3 is 2.70 bits per heavy atom. The fourth-order valence-electron chi connectivity index (χ4n) is 2.16. The van der Waals surface area contributed by atoms with Crippen molar-refractivity contribution in [3.63, 3.8) is 0 Å². The molecule has 2 rings (SSSR count). The molecule has 1 aromatic rings. The lowest BCUT2D eigenvalue weighted by atomic mass is 10.1. The number of methoxy groups -OCH3 is 1. The van der Waals surface area contributed by atoms with Crippen LogP contribution in [0.1, 0.15) is 35.2 Å². The van der Waals surface area contributed by atoms with Crippen molar-refractivity contribution >= 4 is 11.9 Å². The lowest BCUT2D eigenvalue weighted by molar-refractivity contribution is -0.123. The summed E-state index contributed by atoms with van der Waals surface area (Å²) in [6, 6.07) is 6.98. The Morgan fingerprint density at radius 1 is 1.35 bits per heavy atom. The maximum Gasteiger partial charge on any atom is 0.337 e. The van der Waals surface area contributed by atoms with Gasteiger partial charge in [0.25, 0.3) is 0 Å². The number of nitrogens with one attached hydrogen (secondary N) is 1. The van der Waals surface area contributed by atoms with Crippen LogP contribution in [0.4, 0.5) is 0 Å². The van der Waals surface area contributed by atoms with Crippen LogP contribution in [0.3, 0.4) is 0 Å². The molecular weight excluding hydrogens is 258 g/mol. The SMILES string of the molecule is COC(=O)c1ccc(CNC(=O)C[C@@H]2CCCO2)cc1. The second-order valence-electron chi connectivity index (χ2n) is 4.80. The highest BCUT2D eigenvalue weighted by atomic mass is 16.5. The fourth-order valence-corrected chi connectivity index (χ4v) is 2.16. The predicted octanol–water partition coefficient (Wildman–Crippen LogP) is 1.66. The van der Waals surface area contributed by atoms with E-state index in [2.05, 4.69) is 10.1 Å². The highest BCUT2D eigenvalue weighted by Crippen LogP contribution is 2.15. The van der Waals surface area contributed by atoms with E-state index in [4.69, 9.17) is 4.74 Å². The van der Waals surface area contributed by atoms with E-state index in [9.17, 15) is 9.59 Å². The molecular formula is C15H19NO4. The topological polar surface area (TPSA) is 64.6 Å². The Labute approximate surface area is 118 Å². The molecule has 0 unspecified atom stereocenters. The quantitative estimate of drug-likeness (QED) is 0.831. The maximum atomic E-state index is 11.7. The standard InChI is InChI=1S/C15H19NO4/c1-19-15(18)12-6-4-11(5-7-12)10-16-14(17)9-13-3-2-8-20-13/h4-7,13H,2-3,8-10H2,1H3,(H,16,17)/t13-/m0/s1. The normalized spacial score (nSPS) is 17.8. The van der Waals surface area contributed by atoms with Crippen LogP contribution in [0.5, 0.6) is 0 Å². The van der Waals surface area contributed by atoms with Crippen LogP contribution in [0.15, 0.2) is 24.3 Å². The minimum atomic E-state index is -0.362. The van der Waals surface area contributed by atoms with Crippen LogP contribution < -0.4 is 5.32 Å². The fraction of sp³-hybridized carbons (Fsp3) is 0.467. The second kappa shape index (κ2) is 7.05. The molecule has 1 fully saturated rings. The van der Waals surface area contributed by atoms with E-state index in [-0.39, 0.29) is 18.0 Å². The second-order valence-corrected chi connectivity index (χ2v) is 4.80. The number of hydrogen-bond acceptors (Lipinski definition) is 4. The third kappa shape index (κ3) is 4.06. The zero-order chi connectivity index (χ0) is 14.4. The first-order valence-corrected chi connectivity index (χ1v) is 6.74. The molecule has 0 radical (unpaired) electrons. The number of amides is 1. The van der Waals surface area contributed by atoms with E-state index in [0.717, 1.165) is 25.0 Å². The van der Waals surface area contributed by atoms with Gasteiger partial charge in [-0.15, -0.1) is 0 Å². The molecule has 1 atom stereocenters. The van der Waals surface area contributed by atoms with Gasteiger partial charge in [0.15, 0.2) is 0 Å². The van der Waals surface area contributed by atoms with E-state index in [1.165, 1.54) is 7.11 Å². The van der Waals surface area contributed by atoms with Crippen LogP contribution in [0, 0.1) is 0 Å². The van der Waals surface area contributed by atoms with Gasteiger partial charge in [-0.3, -0.25) is 4.79 Å².